The predicted octanol–water partition coefficient (Wildman–Crippen LogP) is 1.58. The first-order valence-corrected chi connectivity index (χ1v) is 7.43. The fourth-order valence-electron chi connectivity index (χ4n) is 1.29. The van der Waals surface area contributed by atoms with Crippen LogP contribution in [-0.4, -0.2) is 38.9 Å². The van der Waals surface area contributed by atoms with Crippen LogP contribution in [0.5, 0.6) is 0 Å². The highest BCUT2D eigenvalue weighted by Gasteiger charge is 2.21. The zero-order valence-electron chi connectivity index (χ0n) is 11.1. The van der Waals surface area contributed by atoms with Crippen molar-refractivity contribution >= 4 is 16.2 Å². The van der Waals surface area contributed by atoms with Gasteiger partial charge in [-0.2, -0.15) is 8.42 Å². The Balaban J connectivity index is 2.49. The van der Waals surface area contributed by atoms with Crippen molar-refractivity contribution in [3.05, 3.63) is 35.9 Å². The second-order valence-corrected chi connectivity index (χ2v) is 5.65. The summed E-state index contributed by atoms with van der Waals surface area (Å²) in [6, 6.07) is 9.18. The number of ether oxygens (including phenoxy) is 1. The van der Waals surface area contributed by atoms with E-state index >= 15 is 0 Å². The van der Waals surface area contributed by atoms with E-state index in [0.717, 1.165) is 16.7 Å². The number of hydrogen-bond donors (Lipinski definition) is 0. The molecule has 106 valence electrons. The summed E-state index contributed by atoms with van der Waals surface area (Å²) >= 11 is 0. The van der Waals surface area contributed by atoms with Crippen LogP contribution in [-0.2, 0) is 25.6 Å². The quantitative estimate of drug-likeness (QED) is 0.607. The molecule has 6 nitrogen and oxygen atoms in total. The SMILES string of the molecule is CC(OS(C)(=O)=O)N(C)C(=O)OCc1ccccc1. The normalized spacial score (nSPS) is 12.8. The van der Waals surface area contributed by atoms with Gasteiger partial charge in [-0.1, -0.05) is 30.3 Å². The molecule has 1 rings (SSSR count). The van der Waals surface area contributed by atoms with Crippen molar-refractivity contribution in [1.29, 1.82) is 0 Å². The fourth-order valence-corrected chi connectivity index (χ4v) is 1.92. The average Bonchev–Trinajstić information content (AvgIpc) is 2.34. The van der Waals surface area contributed by atoms with Crippen molar-refractivity contribution in [1.82, 2.24) is 4.90 Å². The number of amides is 1. The highest BCUT2D eigenvalue weighted by atomic mass is 32.2. The molecule has 1 amide bonds. The van der Waals surface area contributed by atoms with Crippen LogP contribution in [0.4, 0.5) is 4.79 Å². The summed E-state index contributed by atoms with van der Waals surface area (Å²) in [5.74, 6) is 0. The zero-order valence-corrected chi connectivity index (χ0v) is 11.9. The Morgan fingerprint density at radius 1 is 1.32 bits per heavy atom. The summed E-state index contributed by atoms with van der Waals surface area (Å²) in [6.07, 6.45) is -0.648. The van der Waals surface area contributed by atoms with E-state index in [4.69, 9.17) is 4.74 Å². The first-order chi connectivity index (χ1) is 8.79. The molecule has 0 bridgehead atoms. The van der Waals surface area contributed by atoms with Crippen LogP contribution < -0.4 is 0 Å². The molecule has 0 fully saturated rings. The molecule has 7 heteroatoms. The van der Waals surface area contributed by atoms with E-state index in [9.17, 15) is 13.2 Å². The molecule has 0 spiro atoms. The van der Waals surface area contributed by atoms with Crippen molar-refractivity contribution in [3.8, 4) is 0 Å². The van der Waals surface area contributed by atoms with E-state index in [-0.39, 0.29) is 6.61 Å². The van der Waals surface area contributed by atoms with Gasteiger partial charge in [0.2, 0.25) is 0 Å². The van der Waals surface area contributed by atoms with E-state index < -0.39 is 22.4 Å². The Hall–Kier alpha value is -1.60. The van der Waals surface area contributed by atoms with Gasteiger partial charge in [0.05, 0.1) is 6.26 Å². The van der Waals surface area contributed by atoms with Crippen molar-refractivity contribution in [2.45, 2.75) is 19.8 Å². The molecule has 0 saturated carbocycles. The van der Waals surface area contributed by atoms with Crippen LogP contribution in [0.2, 0.25) is 0 Å². The van der Waals surface area contributed by atoms with E-state index in [1.807, 2.05) is 30.3 Å². The molecule has 0 radical (unpaired) electrons. The number of carbonyl (C=O) groups is 1. The van der Waals surface area contributed by atoms with E-state index in [2.05, 4.69) is 4.18 Å². The van der Waals surface area contributed by atoms with Crippen molar-refractivity contribution in [2.24, 2.45) is 0 Å². The predicted molar refractivity (Wildman–Crippen MR) is 69.8 cm³/mol. The molecule has 0 aliphatic rings. The monoisotopic (exact) mass is 287 g/mol. The standard InChI is InChI=1S/C12H17NO5S/c1-10(18-19(3,15)16)13(2)12(14)17-9-11-7-5-4-6-8-11/h4-8,10H,9H2,1-3H3. The second kappa shape index (κ2) is 6.53. The average molecular weight is 287 g/mol. The lowest BCUT2D eigenvalue weighted by atomic mass is 10.2. The molecule has 0 aliphatic carbocycles. The topological polar surface area (TPSA) is 72.9 Å². The van der Waals surface area contributed by atoms with Gasteiger partial charge >= 0.3 is 6.09 Å². The highest BCUT2D eigenvalue weighted by molar-refractivity contribution is 7.86. The van der Waals surface area contributed by atoms with Crippen LogP contribution >= 0.6 is 0 Å². The van der Waals surface area contributed by atoms with Gasteiger partial charge in [0.1, 0.15) is 6.61 Å². The van der Waals surface area contributed by atoms with Gasteiger partial charge in [0.15, 0.2) is 6.23 Å². The minimum Gasteiger partial charge on any atom is -0.444 e. The van der Waals surface area contributed by atoms with Crippen molar-refractivity contribution in [2.75, 3.05) is 13.3 Å². The highest BCUT2D eigenvalue weighted by Crippen LogP contribution is 2.07. The molecule has 0 heterocycles. The largest absolute Gasteiger partial charge is 0.444 e. The van der Waals surface area contributed by atoms with Crippen LogP contribution in [0.15, 0.2) is 30.3 Å². The summed E-state index contributed by atoms with van der Waals surface area (Å²) in [5, 5.41) is 0. The third kappa shape index (κ3) is 5.71. The van der Waals surface area contributed by atoms with Crippen molar-refractivity contribution in [3.63, 3.8) is 0 Å². The number of carbonyl (C=O) groups excluding carboxylic acids is 1. The molecule has 19 heavy (non-hydrogen) atoms. The van der Waals surface area contributed by atoms with Gasteiger partial charge in [-0.05, 0) is 12.5 Å². The van der Waals surface area contributed by atoms with Crippen LogP contribution in [0, 0.1) is 0 Å². The maximum atomic E-state index is 11.7. The van der Waals surface area contributed by atoms with Crippen LogP contribution in [0.3, 0.4) is 0 Å². The molecule has 1 atom stereocenters. The Morgan fingerprint density at radius 3 is 2.42 bits per heavy atom. The molecule has 1 aromatic rings. The molecular weight excluding hydrogens is 270 g/mol. The summed E-state index contributed by atoms with van der Waals surface area (Å²) in [4.78, 5) is 12.7. The van der Waals surface area contributed by atoms with Gasteiger partial charge in [-0.25, -0.2) is 8.98 Å². The molecule has 0 saturated heterocycles. The van der Waals surface area contributed by atoms with E-state index in [1.165, 1.54) is 14.0 Å². The van der Waals surface area contributed by atoms with Crippen molar-refractivity contribution < 1.29 is 22.1 Å². The number of rotatable bonds is 5. The summed E-state index contributed by atoms with van der Waals surface area (Å²) < 4.78 is 31.6. The first kappa shape index (κ1) is 15.5. The number of nitrogens with zero attached hydrogens (tertiary/aromatic N) is 1. The van der Waals surface area contributed by atoms with E-state index in [0.29, 0.717) is 0 Å². The summed E-state index contributed by atoms with van der Waals surface area (Å²) in [7, 11) is -2.21. The van der Waals surface area contributed by atoms with Crippen LogP contribution in [0.1, 0.15) is 12.5 Å². The van der Waals surface area contributed by atoms with Gasteiger partial charge in [-0.3, -0.25) is 4.90 Å². The number of hydrogen-bond acceptors (Lipinski definition) is 5. The lowest BCUT2D eigenvalue weighted by Crippen LogP contribution is -2.38. The third-order valence-electron chi connectivity index (χ3n) is 2.35. The maximum absolute atomic E-state index is 11.7. The van der Waals surface area contributed by atoms with Crippen LogP contribution in [0.25, 0.3) is 0 Å². The first-order valence-electron chi connectivity index (χ1n) is 5.61. The molecule has 1 aromatic carbocycles. The van der Waals surface area contributed by atoms with Gasteiger partial charge < -0.3 is 4.74 Å². The summed E-state index contributed by atoms with van der Waals surface area (Å²) in [6.45, 7) is 1.57. The zero-order chi connectivity index (χ0) is 14.5. The minimum atomic E-state index is -3.62. The molecule has 1 unspecified atom stereocenters. The molecule has 0 aromatic heterocycles. The Kier molecular flexibility index (Phi) is 5.31. The lowest BCUT2D eigenvalue weighted by Gasteiger charge is -2.23. The fraction of sp³-hybridized carbons (Fsp3) is 0.417. The molecule has 0 N–H and O–H groups in total. The number of benzene rings is 1. The third-order valence-corrected chi connectivity index (χ3v) is 2.98. The van der Waals surface area contributed by atoms with Gasteiger partial charge in [-0.15, -0.1) is 0 Å². The minimum absolute atomic E-state index is 0.121. The van der Waals surface area contributed by atoms with E-state index in [1.54, 1.807) is 0 Å². The Labute approximate surface area is 113 Å². The smallest absolute Gasteiger partial charge is 0.411 e. The van der Waals surface area contributed by atoms with Gasteiger partial charge in [0.25, 0.3) is 10.1 Å². The lowest BCUT2D eigenvalue weighted by molar-refractivity contribution is 0.0396. The summed E-state index contributed by atoms with van der Waals surface area (Å²) in [5.41, 5.74) is 0.848. The Bertz CT molecular complexity index is 514. The molecular formula is C12H17NO5S. The Morgan fingerprint density at radius 2 is 1.89 bits per heavy atom. The molecule has 0 aliphatic heterocycles. The second-order valence-electron chi connectivity index (χ2n) is 4.05. The van der Waals surface area contributed by atoms with Gasteiger partial charge in [0, 0.05) is 7.05 Å². The maximum Gasteiger partial charge on any atom is 0.411 e.